The Hall–Kier alpha value is -2.34. The molecule has 4 rings (SSSR count). The van der Waals surface area contributed by atoms with Gasteiger partial charge in [0.15, 0.2) is 5.16 Å². The second kappa shape index (κ2) is 7.72. The molecule has 0 saturated carbocycles. The van der Waals surface area contributed by atoms with Gasteiger partial charge >= 0.3 is 0 Å². The van der Waals surface area contributed by atoms with Gasteiger partial charge < -0.3 is 4.90 Å². The van der Waals surface area contributed by atoms with E-state index in [1.165, 1.54) is 24.6 Å². The minimum absolute atomic E-state index is 0.0736. The lowest BCUT2D eigenvalue weighted by Crippen LogP contribution is -2.33. The van der Waals surface area contributed by atoms with Gasteiger partial charge in [0, 0.05) is 20.1 Å². The van der Waals surface area contributed by atoms with Crippen molar-refractivity contribution in [2.24, 2.45) is 7.05 Å². The molecular formula is C21H23N3O2S. The van der Waals surface area contributed by atoms with Crippen LogP contribution in [-0.4, -0.2) is 39.2 Å². The molecule has 27 heavy (non-hydrogen) atoms. The van der Waals surface area contributed by atoms with Crippen molar-refractivity contribution in [3.05, 3.63) is 46.8 Å². The van der Waals surface area contributed by atoms with E-state index in [9.17, 15) is 9.59 Å². The molecule has 0 bridgehead atoms. The standard InChI is InChI=1S/C21H23N3O2S/c1-23-20(26)17-12-15-8-4-5-9-16(15)13-18(17)22-21(23)27-14-19(25)24-10-6-2-3-7-11-24/h4-5,8-9,12-13H,2-3,6-7,10-11,14H2,1H3. The van der Waals surface area contributed by atoms with Crippen molar-refractivity contribution < 1.29 is 4.79 Å². The molecule has 5 nitrogen and oxygen atoms in total. The maximum atomic E-state index is 12.8. The maximum absolute atomic E-state index is 12.8. The number of hydrogen-bond donors (Lipinski definition) is 0. The monoisotopic (exact) mass is 381 g/mol. The van der Waals surface area contributed by atoms with E-state index in [2.05, 4.69) is 4.98 Å². The highest BCUT2D eigenvalue weighted by molar-refractivity contribution is 7.99. The van der Waals surface area contributed by atoms with Crippen molar-refractivity contribution >= 4 is 39.3 Å². The van der Waals surface area contributed by atoms with Gasteiger partial charge in [-0.3, -0.25) is 14.2 Å². The Morgan fingerprint density at radius 2 is 1.74 bits per heavy atom. The minimum atomic E-state index is -0.0736. The van der Waals surface area contributed by atoms with Gasteiger partial charge in [0.25, 0.3) is 5.56 Å². The van der Waals surface area contributed by atoms with E-state index in [4.69, 9.17) is 0 Å². The molecule has 1 aliphatic heterocycles. The van der Waals surface area contributed by atoms with Crippen molar-refractivity contribution in [1.82, 2.24) is 14.5 Å². The van der Waals surface area contributed by atoms with Gasteiger partial charge in [0.05, 0.1) is 16.7 Å². The lowest BCUT2D eigenvalue weighted by Gasteiger charge is -2.20. The molecule has 1 fully saturated rings. The summed E-state index contributed by atoms with van der Waals surface area (Å²) in [6, 6.07) is 11.8. The average Bonchev–Trinajstić information content (AvgIpc) is 2.98. The van der Waals surface area contributed by atoms with Crippen LogP contribution in [0.15, 0.2) is 46.3 Å². The predicted molar refractivity (Wildman–Crippen MR) is 110 cm³/mol. The molecule has 1 saturated heterocycles. The lowest BCUT2D eigenvalue weighted by molar-refractivity contribution is -0.128. The van der Waals surface area contributed by atoms with Crippen LogP contribution in [0.25, 0.3) is 21.7 Å². The number of fused-ring (bicyclic) bond motifs is 2. The van der Waals surface area contributed by atoms with Crippen LogP contribution in [0.3, 0.4) is 0 Å². The van der Waals surface area contributed by atoms with Crippen LogP contribution < -0.4 is 5.56 Å². The number of aromatic nitrogens is 2. The molecule has 1 aromatic heterocycles. The van der Waals surface area contributed by atoms with Crippen LogP contribution in [-0.2, 0) is 11.8 Å². The number of carbonyl (C=O) groups is 1. The smallest absolute Gasteiger partial charge is 0.261 e. The molecule has 0 N–H and O–H groups in total. The van der Waals surface area contributed by atoms with Gasteiger partial charge in [-0.1, -0.05) is 48.9 Å². The first-order valence-corrected chi connectivity index (χ1v) is 10.4. The fraction of sp³-hybridized carbons (Fsp3) is 0.381. The molecule has 2 aromatic carbocycles. The van der Waals surface area contributed by atoms with Gasteiger partial charge in [0.2, 0.25) is 5.91 Å². The molecule has 3 aromatic rings. The normalized spacial score (nSPS) is 15.2. The molecule has 2 heterocycles. The van der Waals surface area contributed by atoms with E-state index in [0.717, 1.165) is 36.7 Å². The summed E-state index contributed by atoms with van der Waals surface area (Å²) in [7, 11) is 1.72. The Kier molecular flexibility index (Phi) is 5.16. The third-order valence-electron chi connectivity index (χ3n) is 5.19. The third-order valence-corrected chi connectivity index (χ3v) is 6.20. The summed E-state index contributed by atoms with van der Waals surface area (Å²) in [6.45, 7) is 1.69. The van der Waals surface area contributed by atoms with Crippen molar-refractivity contribution in [1.29, 1.82) is 0 Å². The number of rotatable bonds is 3. The Morgan fingerprint density at radius 1 is 1.07 bits per heavy atom. The molecule has 1 amide bonds. The summed E-state index contributed by atoms with van der Waals surface area (Å²) in [4.78, 5) is 32.0. The second-order valence-corrected chi connectivity index (χ2v) is 8.00. The Bertz CT molecular complexity index is 1050. The van der Waals surface area contributed by atoms with Crippen LogP contribution in [0, 0.1) is 0 Å². The van der Waals surface area contributed by atoms with Crippen molar-refractivity contribution in [3.8, 4) is 0 Å². The quantitative estimate of drug-likeness (QED) is 0.395. The van der Waals surface area contributed by atoms with E-state index in [0.29, 0.717) is 21.8 Å². The molecule has 0 aliphatic carbocycles. The Balaban J connectivity index is 1.61. The van der Waals surface area contributed by atoms with E-state index >= 15 is 0 Å². The van der Waals surface area contributed by atoms with Gasteiger partial charge in [-0.25, -0.2) is 4.98 Å². The van der Waals surface area contributed by atoms with Crippen LogP contribution in [0.5, 0.6) is 0 Å². The SMILES string of the molecule is Cn1c(SCC(=O)N2CCCCCC2)nc2cc3ccccc3cc2c1=O. The number of thioether (sulfide) groups is 1. The summed E-state index contributed by atoms with van der Waals surface area (Å²) in [5.74, 6) is 0.453. The number of amides is 1. The second-order valence-electron chi connectivity index (χ2n) is 7.06. The van der Waals surface area contributed by atoms with E-state index in [1.807, 2.05) is 41.3 Å². The number of hydrogen-bond acceptors (Lipinski definition) is 4. The van der Waals surface area contributed by atoms with Crippen LogP contribution in [0.2, 0.25) is 0 Å². The number of nitrogens with zero attached hydrogens (tertiary/aromatic N) is 3. The van der Waals surface area contributed by atoms with Crippen LogP contribution >= 0.6 is 11.8 Å². The highest BCUT2D eigenvalue weighted by atomic mass is 32.2. The topological polar surface area (TPSA) is 55.2 Å². The molecule has 6 heteroatoms. The van der Waals surface area contributed by atoms with Gasteiger partial charge in [-0.15, -0.1) is 0 Å². The van der Waals surface area contributed by atoms with Crippen molar-refractivity contribution in [2.45, 2.75) is 30.8 Å². The summed E-state index contributed by atoms with van der Waals surface area (Å²) in [5, 5.41) is 3.29. The number of likely N-dealkylation sites (tertiary alicyclic amines) is 1. The average molecular weight is 382 g/mol. The largest absolute Gasteiger partial charge is 0.342 e. The molecule has 0 unspecified atom stereocenters. The third kappa shape index (κ3) is 3.72. The maximum Gasteiger partial charge on any atom is 0.261 e. The van der Waals surface area contributed by atoms with Crippen LogP contribution in [0.4, 0.5) is 0 Å². The molecule has 0 spiro atoms. The van der Waals surface area contributed by atoms with Crippen LogP contribution in [0.1, 0.15) is 25.7 Å². The molecule has 0 radical (unpaired) electrons. The highest BCUT2D eigenvalue weighted by Crippen LogP contribution is 2.23. The van der Waals surface area contributed by atoms with Gasteiger partial charge in [-0.2, -0.15) is 0 Å². The number of carbonyl (C=O) groups excluding carboxylic acids is 1. The first kappa shape index (κ1) is 18.0. The zero-order valence-corrected chi connectivity index (χ0v) is 16.3. The van der Waals surface area contributed by atoms with E-state index < -0.39 is 0 Å². The zero-order valence-electron chi connectivity index (χ0n) is 15.5. The fourth-order valence-corrected chi connectivity index (χ4v) is 4.48. The first-order chi connectivity index (χ1) is 13.1. The van der Waals surface area contributed by atoms with E-state index in [1.54, 1.807) is 11.6 Å². The summed E-state index contributed by atoms with van der Waals surface area (Å²) >= 11 is 1.35. The molecule has 1 aliphatic rings. The summed E-state index contributed by atoms with van der Waals surface area (Å²) in [5.41, 5.74) is 0.608. The first-order valence-electron chi connectivity index (χ1n) is 9.43. The zero-order chi connectivity index (χ0) is 18.8. The summed E-state index contributed by atoms with van der Waals surface area (Å²) in [6.07, 6.45) is 4.56. The fourth-order valence-electron chi connectivity index (χ4n) is 3.60. The van der Waals surface area contributed by atoms with Gasteiger partial charge in [0.1, 0.15) is 0 Å². The highest BCUT2D eigenvalue weighted by Gasteiger charge is 2.17. The molecular weight excluding hydrogens is 358 g/mol. The number of benzene rings is 2. The van der Waals surface area contributed by atoms with Crippen molar-refractivity contribution in [2.75, 3.05) is 18.8 Å². The summed E-state index contributed by atoms with van der Waals surface area (Å²) < 4.78 is 1.55. The minimum Gasteiger partial charge on any atom is -0.342 e. The van der Waals surface area contributed by atoms with Gasteiger partial charge in [-0.05, 0) is 35.7 Å². The van der Waals surface area contributed by atoms with Crippen molar-refractivity contribution in [3.63, 3.8) is 0 Å². The lowest BCUT2D eigenvalue weighted by atomic mass is 10.1. The Morgan fingerprint density at radius 3 is 2.44 bits per heavy atom. The Labute approximate surface area is 162 Å². The molecule has 0 atom stereocenters. The predicted octanol–water partition coefficient (Wildman–Crippen LogP) is 3.58. The van der Waals surface area contributed by atoms with E-state index in [-0.39, 0.29) is 11.5 Å². The molecule has 140 valence electrons.